The lowest BCUT2D eigenvalue weighted by Gasteiger charge is -2.34. The number of aliphatic carboxylic acids is 1. The molecule has 0 bridgehead atoms. The molecular weight excluding hydrogens is 442 g/mol. The third kappa shape index (κ3) is 8.82. The summed E-state index contributed by atoms with van der Waals surface area (Å²) in [5.41, 5.74) is 0.925. The summed E-state index contributed by atoms with van der Waals surface area (Å²) in [7, 11) is 0. The Hall–Kier alpha value is -2.97. The highest BCUT2D eigenvalue weighted by Crippen LogP contribution is 2.41. The first kappa shape index (κ1) is 26.3. The molecule has 2 aromatic rings. The molecule has 0 aromatic heterocycles. The first-order chi connectivity index (χ1) is 15.7. The molecule has 0 saturated heterocycles. The van der Waals surface area contributed by atoms with Crippen LogP contribution in [0.5, 0.6) is 5.75 Å². The summed E-state index contributed by atoms with van der Waals surface area (Å²) < 4.78 is 11.3. The third-order valence-electron chi connectivity index (χ3n) is 5.03. The van der Waals surface area contributed by atoms with Gasteiger partial charge >= 0.3 is 12.1 Å². The van der Waals surface area contributed by atoms with E-state index < -0.39 is 23.6 Å². The maximum absolute atomic E-state index is 12.7. The number of carbonyl (C=O) groups excluding carboxylic acids is 1. The van der Waals surface area contributed by atoms with Crippen molar-refractivity contribution in [3.8, 4) is 5.75 Å². The van der Waals surface area contributed by atoms with E-state index in [4.69, 9.17) is 19.7 Å². The van der Waals surface area contributed by atoms with Crippen LogP contribution in [-0.2, 0) is 9.53 Å². The van der Waals surface area contributed by atoms with Crippen LogP contribution in [0.4, 0.5) is 10.5 Å². The maximum atomic E-state index is 12.7. The van der Waals surface area contributed by atoms with Crippen LogP contribution in [0.1, 0.15) is 38.4 Å². The number of aliphatic hydroxyl groups excluding tert-OH is 1. The van der Waals surface area contributed by atoms with E-state index in [2.05, 4.69) is 5.32 Å². The molecule has 0 radical (unpaired) electrons. The fourth-order valence-corrected chi connectivity index (χ4v) is 3.69. The van der Waals surface area contributed by atoms with Gasteiger partial charge in [0.1, 0.15) is 18.5 Å². The van der Waals surface area contributed by atoms with Gasteiger partial charge in [-0.2, -0.15) is 0 Å². The number of amides is 1. The van der Waals surface area contributed by atoms with Gasteiger partial charge < -0.3 is 19.7 Å². The maximum Gasteiger partial charge on any atom is 0.412 e. The lowest BCUT2D eigenvalue weighted by Crippen LogP contribution is -2.29. The van der Waals surface area contributed by atoms with Gasteiger partial charge in [0.15, 0.2) is 0 Å². The Morgan fingerprint density at radius 3 is 2.36 bits per heavy atom. The third-order valence-corrected chi connectivity index (χ3v) is 5.77. The van der Waals surface area contributed by atoms with Crippen molar-refractivity contribution < 1.29 is 29.3 Å². The number of hydrogen-bond donors (Lipinski definition) is 3. The van der Waals surface area contributed by atoms with E-state index in [1.807, 2.05) is 56.5 Å². The number of carbonyl (C=O) groups is 2. The predicted octanol–water partition coefficient (Wildman–Crippen LogP) is 5.52. The number of aliphatic hydroxyl groups is 1. The van der Waals surface area contributed by atoms with Crippen LogP contribution in [-0.4, -0.2) is 41.7 Å². The Bertz CT molecular complexity index is 925. The molecule has 33 heavy (non-hydrogen) atoms. The summed E-state index contributed by atoms with van der Waals surface area (Å²) in [6, 6.07) is 14.7. The Kier molecular flexibility index (Phi) is 10.3. The van der Waals surface area contributed by atoms with E-state index in [-0.39, 0.29) is 13.2 Å². The van der Waals surface area contributed by atoms with Crippen molar-refractivity contribution in [1.82, 2.24) is 0 Å². The number of ether oxygens (including phenoxy) is 2. The largest absolute Gasteiger partial charge is 0.491 e. The average molecular weight is 474 g/mol. The molecule has 0 saturated carbocycles. The van der Waals surface area contributed by atoms with Gasteiger partial charge in [0.25, 0.3) is 0 Å². The van der Waals surface area contributed by atoms with Crippen LogP contribution in [0.2, 0.25) is 0 Å². The number of anilines is 1. The second-order valence-corrected chi connectivity index (χ2v) is 8.93. The smallest absolute Gasteiger partial charge is 0.412 e. The van der Waals surface area contributed by atoms with Crippen molar-refractivity contribution in [3.63, 3.8) is 0 Å². The standard InChI is InChI=1S/C25H31NO6S/c1-25(2,15-5-4-6-22(28)29)23(18-7-11-20(12-8-18)31-17-16-27)32-24(30)26-19-9-13-21(33-3)14-10-19/h4,6-14,23,27H,5,15-17H2,1-3H3,(H,26,30)(H,28,29)/b6-4+/t23-/m0/s1. The molecule has 1 amide bonds. The molecule has 2 aromatic carbocycles. The summed E-state index contributed by atoms with van der Waals surface area (Å²) in [6.45, 7) is 4.06. The minimum atomic E-state index is -0.994. The first-order valence-corrected chi connectivity index (χ1v) is 11.8. The van der Waals surface area contributed by atoms with Gasteiger partial charge in [-0.1, -0.05) is 32.1 Å². The van der Waals surface area contributed by atoms with Crippen LogP contribution in [0.15, 0.2) is 65.6 Å². The fourth-order valence-electron chi connectivity index (χ4n) is 3.28. The minimum Gasteiger partial charge on any atom is -0.491 e. The number of thioether (sulfide) groups is 1. The van der Waals surface area contributed by atoms with E-state index in [0.29, 0.717) is 24.3 Å². The topological polar surface area (TPSA) is 105 Å². The van der Waals surface area contributed by atoms with Gasteiger partial charge in [0.05, 0.1) is 6.61 Å². The minimum absolute atomic E-state index is 0.0809. The molecule has 178 valence electrons. The molecule has 0 aliphatic carbocycles. The number of allylic oxidation sites excluding steroid dienone is 1. The molecule has 0 fully saturated rings. The normalized spacial score (nSPS) is 12.4. The van der Waals surface area contributed by atoms with E-state index >= 15 is 0 Å². The molecule has 0 heterocycles. The van der Waals surface area contributed by atoms with Crippen LogP contribution in [0.25, 0.3) is 0 Å². The highest BCUT2D eigenvalue weighted by Gasteiger charge is 2.34. The number of rotatable bonds is 12. The van der Waals surface area contributed by atoms with Gasteiger partial charge in [-0.3, -0.25) is 5.32 Å². The van der Waals surface area contributed by atoms with Gasteiger partial charge in [-0.05, 0) is 61.1 Å². The fraction of sp³-hybridized carbons (Fsp3) is 0.360. The molecular formula is C25H31NO6S. The Morgan fingerprint density at radius 1 is 1.12 bits per heavy atom. The van der Waals surface area contributed by atoms with Gasteiger partial charge in [0, 0.05) is 22.1 Å². The number of carboxylic acids is 1. The lowest BCUT2D eigenvalue weighted by atomic mass is 9.78. The molecule has 8 heteroatoms. The Labute approximate surface area is 198 Å². The van der Waals surface area contributed by atoms with E-state index in [9.17, 15) is 9.59 Å². The second kappa shape index (κ2) is 12.9. The van der Waals surface area contributed by atoms with Crippen LogP contribution >= 0.6 is 11.8 Å². The molecule has 0 aliphatic heterocycles. The summed E-state index contributed by atoms with van der Waals surface area (Å²) in [6.07, 6.45) is 4.65. The molecule has 2 rings (SSSR count). The van der Waals surface area contributed by atoms with Crippen molar-refractivity contribution in [2.45, 2.75) is 37.7 Å². The van der Waals surface area contributed by atoms with Crippen LogP contribution in [0, 0.1) is 5.41 Å². The first-order valence-electron chi connectivity index (χ1n) is 10.6. The number of nitrogens with one attached hydrogen (secondary N) is 1. The van der Waals surface area contributed by atoms with E-state index in [1.54, 1.807) is 30.0 Å². The lowest BCUT2D eigenvalue weighted by molar-refractivity contribution is -0.131. The highest BCUT2D eigenvalue weighted by molar-refractivity contribution is 7.98. The zero-order valence-corrected chi connectivity index (χ0v) is 19.9. The van der Waals surface area contributed by atoms with Gasteiger partial charge in [0.2, 0.25) is 0 Å². The van der Waals surface area contributed by atoms with Crippen molar-refractivity contribution >= 4 is 29.5 Å². The molecule has 0 aliphatic rings. The predicted molar refractivity (Wildman–Crippen MR) is 130 cm³/mol. The number of hydrogen-bond acceptors (Lipinski definition) is 6. The zero-order valence-electron chi connectivity index (χ0n) is 19.1. The van der Waals surface area contributed by atoms with Crippen LogP contribution < -0.4 is 10.1 Å². The Morgan fingerprint density at radius 2 is 1.79 bits per heavy atom. The summed E-state index contributed by atoms with van der Waals surface area (Å²) in [5.74, 6) is -0.391. The number of carboxylic acid groups (broad SMARTS) is 1. The van der Waals surface area contributed by atoms with E-state index in [1.165, 1.54) is 0 Å². The monoisotopic (exact) mass is 473 g/mol. The molecule has 1 atom stereocenters. The SMILES string of the molecule is CSc1ccc(NC(=O)O[C@@H](c2ccc(OCCO)cc2)C(C)(C)CC/C=C/C(=O)O)cc1. The van der Waals surface area contributed by atoms with Crippen molar-refractivity contribution in [2.75, 3.05) is 24.8 Å². The molecule has 0 unspecified atom stereocenters. The van der Waals surface area contributed by atoms with Crippen molar-refractivity contribution in [1.29, 1.82) is 0 Å². The molecule has 0 spiro atoms. The summed E-state index contributed by atoms with van der Waals surface area (Å²) >= 11 is 1.61. The Balaban J connectivity index is 2.19. The van der Waals surface area contributed by atoms with E-state index in [0.717, 1.165) is 16.5 Å². The number of benzene rings is 2. The zero-order chi connectivity index (χ0) is 24.3. The summed E-state index contributed by atoms with van der Waals surface area (Å²) in [4.78, 5) is 24.6. The van der Waals surface area contributed by atoms with Gasteiger partial charge in [-0.25, -0.2) is 9.59 Å². The molecule has 7 nitrogen and oxygen atoms in total. The average Bonchev–Trinajstić information content (AvgIpc) is 2.79. The molecule has 3 N–H and O–H groups in total. The van der Waals surface area contributed by atoms with Crippen molar-refractivity contribution in [3.05, 3.63) is 66.2 Å². The van der Waals surface area contributed by atoms with Crippen molar-refractivity contribution in [2.24, 2.45) is 5.41 Å². The quantitative estimate of drug-likeness (QED) is 0.275. The van der Waals surface area contributed by atoms with Crippen LogP contribution in [0.3, 0.4) is 0 Å². The second-order valence-electron chi connectivity index (χ2n) is 8.05. The summed E-state index contributed by atoms with van der Waals surface area (Å²) in [5, 5.41) is 20.5. The van der Waals surface area contributed by atoms with Gasteiger partial charge in [-0.15, -0.1) is 11.8 Å². The highest BCUT2D eigenvalue weighted by atomic mass is 32.2.